The number of carbonyl (C=O) groups is 1. The Labute approximate surface area is 135 Å². The molecular weight excluding hydrogens is 300 g/mol. The third-order valence-corrected chi connectivity index (χ3v) is 5.23. The van der Waals surface area contributed by atoms with Gasteiger partial charge in [0.05, 0.1) is 5.57 Å². The van der Waals surface area contributed by atoms with Gasteiger partial charge in [-0.05, 0) is 68.6 Å². The van der Waals surface area contributed by atoms with Crippen molar-refractivity contribution in [3.63, 3.8) is 0 Å². The molecule has 0 saturated carbocycles. The molecule has 22 heavy (non-hydrogen) atoms. The van der Waals surface area contributed by atoms with Crippen LogP contribution in [0.2, 0.25) is 5.02 Å². The molecule has 3 rings (SSSR count). The Morgan fingerprint density at radius 2 is 1.77 bits per heavy atom. The summed E-state index contributed by atoms with van der Waals surface area (Å²) in [5.41, 5.74) is 2.53. The van der Waals surface area contributed by atoms with Gasteiger partial charge in [-0.2, -0.15) is 0 Å². The van der Waals surface area contributed by atoms with Crippen LogP contribution in [0, 0.1) is 13.8 Å². The van der Waals surface area contributed by atoms with Gasteiger partial charge in [-0.15, -0.1) is 0 Å². The van der Waals surface area contributed by atoms with E-state index in [1.54, 1.807) is 11.9 Å². The highest BCUT2D eigenvalue weighted by Crippen LogP contribution is 2.44. The summed E-state index contributed by atoms with van der Waals surface area (Å²) < 4.78 is 0. The van der Waals surface area contributed by atoms with E-state index in [1.165, 1.54) is 0 Å². The molecule has 118 valence electrons. The van der Waals surface area contributed by atoms with Gasteiger partial charge in [0.15, 0.2) is 0 Å². The highest BCUT2D eigenvalue weighted by atomic mass is 35.5. The lowest BCUT2D eigenvalue weighted by Crippen LogP contribution is -2.52. The highest BCUT2D eigenvalue weighted by Gasteiger charge is 2.51. The van der Waals surface area contributed by atoms with Crippen LogP contribution in [-0.2, 0) is 4.79 Å². The van der Waals surface area contributed by atoms with Crippen molar-refractivity contribution >= 4 is 23.1 Å². The molecule has 5 heteroatoms. The molecule has 1 aromatic rings. The third kappa shape index (κ3) is 2.05. The monoisotopic (exact) mass is 320 g/mol. The first kappa shape index (κ1) is 15.4. The molecule has 1 fully saturated rings. The second kappa shape index (κ2) is 5.28. The van der Waals surface area contributed by atoms with E-state index < -0.39 is 5.54 Å². The van der Waals surface area contributed by atoms with Gasteiger partial charge in [0, 0.05) is 12.1 Å². The SMILES string of the molecule is Cc1cc(Cl)cc(C)c1C1=C(O)C2(CCNCC2)N(C)C1=O. The van der Waals surface area contributed by atoms with E-state index >= 15 is 0 Å². The van der Waals surface area contributed by atoms with Crippen LogP contribution >= 0.6 is 11.6 Å². The molecule has 1 amide bonds. The van der Waals surface area contributed by atoms with E-state index in [-0.39, 0.29) is 11.7 Å². The Balaban J connectivity index is 2.20. The summed E-state index contributed by atoms with van der Waals surface area (Å²) >= 11 is 6.09. The molecule has 1 aromatic carbocycles. The Kier molecular flexibility index (Phi) is 3.69. The molecule has 0 unspecified atom stereocenters. The number of aliphatic hydroxyl groups is 1. The minimum atomic E-state index is -0.559. The Hall–Kier alpha value is -1.52. The first-order valence-corrected chi connectivity index (χ1v) is 7.96. The molecular formula is C17H21ClN2O2. The number of carbonyl (C=O) groups excluding carboxylic acids is 1. The highest BCUT2D eigenvalue weighted by molar-refractivity contribution is 6.31. The number of halogens is 1. The van der Waals surface area contributed by atoms with Crippen LogP contribution in [0.3, 0.4) is 0 Å². The van der Waals surface area contributed by atoms with Crippen LogP contribution in [0.4, 0.5) is 0 Å². The predicted molar refractivity (Wildman–Crippen MR) is 88.1 cm³/mol. The van der Waals surface area contributed by atoms with Gasteiger partial charge in [0.1, 0.15) is 11.3 Å². The Morgan fingerprint density at radius 3 is 2.32 bits per heavy atom. The maximum Gasteiger partial charge on any atom is 0.258 e. The number of rotatable bonds is 1. The summed E-state index contributed by atoms with van der Waals surface area (Å²) in [6.07, 6.45) is 1.46. The van der Waals surface area contributed by atoms with E-state index in [0.29, 0.717) is 10.6 Å². The van der Waals surface area contributed by atoms with Gasteiger partial charge in [0.25, 0.3) is 5.91 Å². The molecule has 1 saturated heterocycles. The summed E-state index contributed by atoms with van der Waals surface area (Å²) in [7, 11) is 1.79. The minimum Gasteiger partial charge on any atom is -0.509 e. The molecule has 0 aliphatic carbocycles. The predicted octanol–water partition coefficient (Wildman–Crippen LogP) is 2.82. The van der Waals surface area contributed by atoms with Crippen molar-refractivity contribution in [1.82, 2.24) is 10.2 Å². The summed E-state index contributed by atoms with van der Waals surface area (Å²) in [4.78, 5) is 14.5. The van der Waals surface area contributed by atoms with Crippen LogP contribution in [0.1, 0.15) is 29.5 Å². The number of piperidine rings is 1. The van der Waals surface area contributed by atoms with Crippen molar-refractivity contribution in [1.29, 1.82) is 0 Å². The van der Waals surface area contributed by atoms with Gasteiger partial charge in [0.2, 0.25) is 0 Å². The summed E-state index contributed by atoms with van der Waals surface area (Å²) in [5.74, 6) is 0.114. The van der Waals surface area contributed by atoms with Crippen molar-refractivity contribution in [3.8, 4) is 0 Å². The molecule has 2 aliphatic heterocycles. The molecule has 0 bridgehead atoms. The molecule has 2 aliphatic rings. The van der Waals surface area contributed by atoms with E-state index in [0.717, 1.165) is 42.6 Å². The maximum absolute atomic E-state index is 12.8. The number of benzene rings is 1. The molecule has 0 radical (unpaired) electrons. The van der Waals surface area contributed by atoms with Crippen molar-refractivity contribution in [3.05, 3.63) is 39.6 Å². The molecule has 2 heterocycles. The van der Waals surface area contributed by atoms with Crippen LogP contribution < -0.4 is 5.32 Å². The number of nitrogens with one attached hydrogen (secondary N) is 1. The number of hydrogen-bond acceptors (Lipinski definition) is 3. The molecule has 0 aromatic heterocycles. The number of nitrogens with zero attached hydrogens (tertiary/aromatic N) is 1. The van der Waals surface area contributed by atoms with Crippen LogP contribution in [-0.4, -0.2) is 41.6 Å². The number of hydrogen-bond donors (Lipinski definition) is 2. The Morgan fingerprint density at radius 1 is 1.23 bits per heavy atom. The number of aliphatic hydroxyl groups excluding tert-OH is 1. The minimum absolute atomic E-state index is 0.104. The van der Waals surface area contributed by atoms with Crippen molar-refractivity contribution in [2.24, 2.45) is 0 Å². The second-order valence-electron chi connectivity index (χ2n) is 6.28. The molecule has 4 nitrogen and oxygen atoms in total. The van der Waals surface area contributed by atoms with Crippen molar-refractivity contribution < 1.29 is 9.90 Å². The van der Waals surface area contributed by atoms with Crippen molar-refractivity contribution in [2.45, 2.75) is 32.2 Å². The van der Waals surface area contributed by atoms with Crippen LogP contribution in [0.15, 0.2) is 17.9 Å². The maximum atomic E-state index is 12.8. The average Bonchev–Trinajstić information content (AvgIpc) is 2.63. The zero-order valence-electron chi connectivity index (χ0n) is 13.2. The number of likely N-dealkylation sites (N-methyl/N-ethyl adjacent to an activating group) is 1. The zero-order valence-corrected chi connectivity index (χ0v) is 13.9. The fourth-order valence-corrected chi connectivity index (χ4v) is 4.13. The van der Waals surface area contributed by atoms with Gasteiger partial charge >= 0.3 is 0 Å². The van der Waals surface area contributed by atoms with E-state index in [2.05, 4.69) is 5.32 Å². The molecule has 0 atom stereocenters. The topological polar surface area (TPSA) is 52.6 Å². The first-order chi connectivity index (χ1) is 10.4. The van der Waals surface area contributed by atoms with E-state index in [4.69, 9.17) is 11.6 Å². The second-order valence-corrected chi connectivity index (χ2v) is 6.72. The average molecular weight is 321 g/mol. The quantitative estimate of drug-likeness (QED) is 0.836. The fourth-order valence-electron chi connectivity index (χ4n) is 3.80. The fraction of sp³-hybridized carbons (Fsp3) is 0.471. The van der Waals surface area contributed by atoms with Gasteiger partial charge in [-0.1, -0.05) is 11.6 Å². The lowest BCUT2D eigenvalue weighted by molar-refractivity contribution is -0.127. The summed E-state index contributed by atoms with van der Waals surface area (Å²) in [5, 5.41) is 14.9. The van der Waals surface area contributed by atoms with Crippen LogP contribution in [0.5, 0.6) is 0 Å². The summed E-state index contributed by atoms with van der Waals surface area (Å²) in [6.45, 7) is 5.45. The zero-order chi connectivity index (χ0) is 16.1. The largest absolute Gasteiger partial charge is 0.509 e. The molecule has 1 spiro atoms. The van der Waals surface area contributed by atoms with E-state index in [9.17, 15) is 9.90 Å². The van der Waals surface area contributed by atoms with Crippen LogP contribution in [0.25, 0.3) is 5.57 Å². The van der Waals surface area contributed by atoms with E-state index in [1.807, 2.05) is 26.0 Å². The van der Waals surface area contributed by atoms with Gasteiger partial charge in [-0.25, -0.2) is 0 Å². The first-order valence-electron chi connectivity index (χ1n) is 7.58. The van der Waals surface area contributed by atoms with Crippen molar-refractivity contribution in [2.75, 3.05) is 20.1 Å². The smallest absolute Gasteiger partial charge is 0.258 e. The number of amides is 1. The van der Waals surface area contributed by atoms with Gasteiger partial charge in [-0.3, -0.25) is 4.79 Å². The normalized spacial score (nSPS) is 21.1. The lowest BCUT2D eigenvalue weighted by Gasteiger charge is -2.39. The number of aryl methyl sites for hydroxylation is 2. The molecule has 2 N–H and O–H groups in total. The Bertz CT molecular complexity index is 652. The summed E-state index contributed by atoms with van der Waals surface area (Å²) in [6, 6.07) is 3.68. The van der Waals surface area contributed by atoms with Gasteiger partial charge < -0.3 is 15.3 Å². The standard InChI is InChI=1S/C17H21ClN2O2/c1-10-8-12(18)9-11(2)13(10)14-15(21)17(20(3)16(14)22)4-6-19-7-5-17/h8-9,19,21H,4-7H2,1-3H3. The lowest BCUT2D eigenvalue weighted by atomic mass is 9.85. The third-order valence-electron chi connectivity index (χ3n) is 5.02.